The first-order valence-corrected chi connectivity index (χ1v) is 9.54. The quantitative estimate of drug-likeness (QED) is 0.909. The van der Waals surface area contributed by atoms with Crippen LogP contribution in [0.5, 0.6) is 0 Å². The Morgan fingerprint density at radius 2 is 1.84 bits per heavy atom. The molecule has 0 spiro atoms. The maximum absolute atomic E-state index is 13.6. The first-order valence-electron chi connectivity index (χ1n) is 9.54. The van der Waals surface area contributed by atoms with E-state index in [9.17, 15) is 14.7 Å². The van der Waals surface area contributed by atoms with Gasteiger partial charge in [0.1, 0.15) is 0 Å². The van der Waals surface area contributed by atoms with Gasteiger partial charge in [-0.3, -0.25) is 9.59 Å². The number of carbonyl (C=O) groups excluding carboxylic acids is 1. The van der Waals surface area contributed by atoms with Crippen LogP contribution < -0.4 is 0 Å². The highest BCUT2D eigenvalue weighted by atomic mass is 16.4. The number of aliphatic carboxylic acids is 1. The number of hydrogen-bond donors (Lipinski definition) is 1. The molecule has 1 saturated heterocycles. The highest BCUT2D eigenvalue weighted by Crippen LogP contribution is 2.43. The largest absolute Gasteiger partial charge is 0.481 e. The third-order valence-corrected chi connectivity index (χ3v) is 6.29. The lowest BCUT2D eigenvalue weighted by atomic mass is 9.67. The van der Waals surface area contributed by atoms with Gasteiger partial charge in [-0.05, 0) is 43.2 Å². The van der Waals surface area contributed by atoms with E-state index in [-0.39, 0.29) is 17.7 Å². The molecule has 1 aromatic carbocycles. The number of piperidine rings is 1. The second-order valence-corrected chi connectivity index (χ2v) is 7.92. The van der Waals surface area contributed by atoms with Gasteiger partial charge in [0, 0.05) is 13.1 Å². The lowest BCUT2D eigenvalue weighted by Gasteiger charge is -2.44. The van der Waals surface area contributed by atoms with Crippen LogP contribution >= 0.6 is 0 Å². The summed E-state index contributed by atoms with van der Waals surface area (Å²) in [5.41, 5.74) is 1.94. The maximum Gasteiger partial charge on any atom is 0.306 e. The van der Waals surface area contributed by atoms with Gasteiger partial charge >= 0.3 is 5.97 Å². The molecule has 25 heavy (non-hydrogen) atoms. The molecule has 0 radical (unpaired) electrons. The number of likely N-dealkylation sites (tertiary alicyclic amines) is 1. The van der Waals surface area contributed by atoms with Crippen molar-refractivity contribution in [1.82, 2.24) is 4.90 Å². The van der Waals surface area contributed by atoms with Crippen LogP contribution in [0.3, 0.4) is 0 Å². The monoisotopic (exact) mass is 343 g/mol. The van der Waals surface area contributed by atoms with Crippen LogP contribution in [0.25, 0.3) is 0 Å². The molecular formula is C21H29NO3. The van der Waals surface area contributed by atoms with Crippen LogP contribution in [-0.4, -0.2) is 35.0 Å². The number of nitrogens with zero attached hydrogens (tertiary/aromatic N) is 1. The molecule has 2 unspecified atom stereocenters. The van der Waals surface area contributed by atoms with E-state index in [1.807, 2.05) is 24.0 Å². The molecular weight excluding hydrogens is 314 g/mol. The molecule has 2 aliphatic rings. The van der Waals surface area contributed by atoms with Crippen molar-refractivity contribution in [3.05, 3.63) is 35.4 Å². The minimum Gasteiger partial charge on any atom is -0.481 e. The lowest BCUT2D eigenvalue weighted by molar-refractivity contribution is -0.150. The number of hydrogen-bond acceptors (Lipinski definition) is 2. The van der Waals surface area contributed by atoms with Gasteiger partial charge in [0.05, 0.1) is 11.3 Å². The summed E-state index contributed by atoms with van der Waals surface area (Å²) in [4.78, 5) is 26.9. The third-order valence-electron chi connectivity index (χ3n) is 6.29. The van der Waals surface area contributed by atoms with Gasteiger partial charge in [-0.1, -0.05) is 50.5 Å². The molecule has 2 atom stereocenters. The van der Waals surface area contributed by atoms with E-state index in [2.05, 4.69) is 19.1 Å². The van der Waals surface area contributed by atoms with Crippen LogP contribution in [0, 0.1) is 18.8 Å². The number of aryl methyl sites for hydroxylation is 1. The summed E-state index contributed by atoms with van der Waals surface area (Å²) >= 11 is 0. The van der Waals surface area contributed by atoms with Crippen molar-refractivity contribution in [3.8, 4) is 0 Å². The van der Waals surface area contributed by atoms with Crippen LogP contribution in [-0.2, 0) is 15.0 Å². The van der Waals surface area contributed by atoms with Crippen LogP contribution in [0.1, 0.15) is 56.6 Å². The summed E-state index contributed by atoms with van der Waals surface area (Å²) in [6.07, 6.45) is 5.74. The topological polar surface area (TPSA) is 57.6 Å². The van der Waals surface area contributed by atoms with Gasteiger partial charge in [0.2, 0.25) is 5.91 Å². The molecule has 1 heterocycles. The molecule has 4 nitrogen and oxygen atoms in total. The zero-order valence-electron chi connectivity index (χ0n) is 15.3. The maximum atomic E-state index is 13.6. The highest BCUT2D eigenvalue weighted by molar-refractivity contribution is 5.89. The van der Waals surface area contributed by atoms with Crippen molar-refractivity contribution in [2.45, 2.75) is 57.8 Å². The Kier molecular flexibility index (Phi) is 5.16. The summed E-state index contributed by atoms with van der Waals surface area (Å²) in [6.45, 7) is 5.18. The zero-order valence-corrected chi connectivity index (χ0v) is 15.3. The molecule has 0 bridgehead atoms. The minimum absolute atomic E-state index is 0.00714. The van der Waals surface area contributed by atoms with Crippen molar-refractivity contribution in [3.63, 3.8) is 0 Å². The summed E-state index contributed by atoms with van der Waals surface area (Å²) in [5.74, 6) is -0.833. The SMILES string of the molecule is Cc1ccccc1C1(C(=O)N2CCC(C(=O)O)C(C)C2)CCCCC1. The minimum atomic E-state index is -0.731. The Morgan fingerprint density at radius 3 is 2.44 bits per heavy atom. The Hall–Kier alpha value is -1.84. The molecule has 1 amide bonds. The van der Waals surface area contributed by atoms with E-state index in [1.165, 1.54) is 17.5 Å². The standard InChI is InChI=1S/C21H29NO3/c1-15-8-4-5-9-18(15)21(11-6-3-7-12-21)20(25)22-13-10-17(19(23)24)16(2)14-22/h4-5,8-9,16-17H,3,6-7,10-14H2,1-2H3,(H,23,24). The predicted octanol–water partition coefficient (Wildman–Crippen LogP) is 3.77. The van der Waals surface area contributed by atoms with Gasteiger partial charge in [-0.25, -0.2) is 0 Å². The second kappa shape index (κ2) is 7.19. The number of carboxylic acid groups (broad SMARTS) is 1. The molecule has 4 heteroatoms. The van der Waals surface area contributed by atoms with E-state index in [1.54, 1.807) is 0 Å². The van der Waals surface area contributed by atoms with Crippen LogP contribution in [0.2, 0.25) is 0 Å². The molecule has 1 saturated carbocycles. The summed E-state index contributed by atoms with van der Waals surface area (Å²) < 4.78 is 0. The number of carboxylic acids is 1. The van der Waals surface area contributed by atoms with Gasteiger partial charge in [-0.15, -0.1) is 0 Å². The Labute approximate surface area is 150 Å². The highest BCUT2D eigenvalue weighted by Gasteiger charge is 2.46. The van der Waals surface area contributed by atoms with Gasteiger partial charge < -0.3 is 10.0 Å². The predicted molar refractivity (Wildman–Crippen MR) is 97.4 cm³/mol. The first kappa shape index (κ1) is 18.0. The average Bonchev–Trinajstić information content (AvgIpc) is 2.61. The molecule has 1 aliphatic heterocycles. The fourth-order valence-corrected chi connectivity index (χ4v) is 4.86. The third kappa shape index (κ3) is 3.31. The number of amides is 1. The summed E-state index contributed by atoms with van der Waals surface area (Å²) in [6, 6.07) is 8.27. The van der Waals surface area contributed by atoms with Crippen molar-refractivity contribution in [2.75, 3.05) is 13.1 Å². The van der Waals surface area contributed by atoms with Crippen molar-refractivity contribution in [2.24, 2.45) is 11.8 Å². The number of benzene rings is 1. The second-order valence-electron chi connectivity index (χ2n) is 7.92. The van der Waals surface area contributed by atoms with E-state index >= 15 is 0 Å². The average molecular weight is 343 g/mol. The molecule has 2 fully saturated rings. The summed E-state index contributed by atoms with van der Waals surface area (Å²) in [7, 11) is 0. The Balaban J connectivity index is 1.89. The van der Waals surface area contributed by atoms with Crippen molar-refractivity contribution in [1.29, 1.82) is 0 Å². The zero-order chi connectivity index (χ0) is 18.0. The normalized spacial score (nSPS) is 26.2. The molecule has 1 aromatic rings. The summed E-state index contributed by atoms with van der Waals surface area (Å²) in [5, 5.41) is 9.34. The van der Waals surface area contributed by atoms with Crippen molar-refractivity contribution >= 4 is 11.9 Å². The van der Waals surface area contributed by atoms with E-state index in [0.29, 0.717) is 19.5 Å². The molecule has 0 aromatic heterocycles. The van der Waals surface area contributed by atoms with Crippen LogP contribution in [0.4, 0.5) is 0 Å². The first-order chi connectivity index (χ1) is 12.0. The number of rotatable bonds is 3. The van der Waals surface area contributed by atoms with E-state index < -0.39 is 11.4 Å². The van der Waals surface area contributed by atoms with Gasteiger partial charge in [0.25, 0.3) is 0 Å². The fraction of sp³-hybridized carbons (Fsp3) is 0.619. The smallest absolute Gasteiger partial charge is 0.306 e. The number of carbonyl (C=O) groups is 2. The Morgan fingerprint density at radius 1 is 1.16 bits per heavy atom. The molecule has 3 rings (SSSR count). The molecule has 1 N–H and O–H groups in total. The fourth-order valence-electron chi connectivity index (χ4n) is 4.86. The van der Waals surface area contributed by atoms with Gasteiger partial charge in [0.15, 0.2) is 0 Å². The van der Waals surface area contributed by atoms with E-state index in [0.717, 1.165) is 25.7 Å². The van der Waals surface area contributed by atoms with Crippen molar-refractivity contribution < 1.29 is 14.7 Å². The van der Waals surface area contributed by atoms with Crippen LogP contribution in [0.15, 0.2) is 24.3 Å². The molecule has 1 aliphatic carbocycles. The molecule has 136 valence electrons. The lowest BCUT2D eigenvalue weighted by Crippen LogP contribution is -2.53. The van der Waals surface area contributed by atoms with E-state index in [4.69, 9.17) is 0 Å². The van der Waals surface area contributed by atoms with Gasteiger partial charge in [-0.2, -0.15) is 0 Å². The Bertz CT molecular complexity index is 648.